The molecule has 0 fully saturated rings. The van der Waals surface area contributed by atoms with Crippen molar-refractivity contribution >= 4 is 5.82 Å². The Morgan fingerprint density at radius 2 is 2.06 bits per heavy atom. The lowest BCUT2D eigenvalue weighted by atomic mass is 10.1. The molecule has 1 heterocycles. The van der Waals surface area contributed by atoms with Crippen LogP contribution in [0, 0.1) is 6.92 Å². The molecule has 4 nitrogen and oxygen atoms in total. The maximum absolute atomic E-state index is 4.50. The Balaban J connectivity index is 3.10. The van der Waals surface area contributed by atoms with Gasteiger partial charge in [-0.05, 0) is 27.4 Å². The van der Waals surface area contributed by atoms with E-state index in [1.807, 2.05) is 34.1 Å². The van der Waals surface area contributed by atoms with Crippen LogP contribution in [0.1, 0.15) is 17.1 Å². The lowest BCUT2D eigenvalue weighted by Crippen LogP contribution is -2.15. The highest BCUT2D eigenvalue weighted by atomic mass is 15.1. The molecular weight excluding hydrogens is 200 g/mol. The van der Waals surface area contributed by atoms with Crippen molar-refractivity contribution in [2.24, 2.45) is 0 Å². The maximum atomic E-state index is 4.50. The van der Waals surface area contributed by atoms with E-state index in [1.54, 1.807) is 0 Å². The van der Waals surface area contributed by atoms with E-state index in [4.69, 9.17) is 0 Å². The first-order valence-electron chi connectivity index (χ1n) is 5.38. The van der Waals surface area contributed by atoms with E-state index >= 15 is 0 Å². The van der Waals surface area contributed by atoms with Crippen molar-refractivity contribution < 1.29 is 0 Å². The Morgan fingerprint density at radius 3 is 2.56 bits per heavy atom. The molecule has 0 saturated carbocycles. The lowest BCUT2D eigenvalue weighted by Gasteiger charge is -2.14. The predicted octanol–water partition coefficient (Wildman–Crippen LogP) is 1.62. The van der Waals surface area contributed by atoms with Crippen molar-refractivity contribution in [2.75, 3.05) is 26.5 Å². The summed E-state index contributed by atoms with van der Waals surface area (Å²) in [5.74, 6) is 1.75. The molecule has 0 unspecified atom stereocenters. The molecule has 0 bridgehead atoms. The first-order chi connectivity index (χ1) is 7.58. The van der Waals surface area contributed by atoms with E-state index < -0.39 is 0 Å². The summed E-state index contributed by atoms with van der Waals surface area (Å²) in [4.78, 5) is 11.1. The average Bonchev–Trinajstić information content (AvgIpc) is 2.20. The second kappa shape index (κ2) is 5.61. The quantitative estimate of drug-likeness (QED) is 0.766. The monoisotopic (exact) mass is 220 g/mol. The summed E-state index contributed by atoms with van der Waals surface area (Å²) in [5.41, 5.74) is 2.15. The number of aromatic nitrogens is 2. The van der Waals surface area contributed by atoms with Crippen LogP contribution in [0.3, 0.4) is 0 Å². The first-order valence-corrected chi connectivity index (χ1v) is 5.38. The second-order valence-electron chi connectivity index (χ2n) is 4.03. The Morgan fingerprint density at radius 1 is 1.38 bits per heavy atom. The molecule has 0 radical (unpaired) electrons. The van der Waals surface area contributed by atoms with Gasteiger partial charge < -0.3 is 10.2 Å². The smallest absolute Gasteiger partial charge is 0.144 e. The van der Waals surface area contributed by atoms with Gasteiger partial charge in [0, 0.05) is 18.3 Å². The fourth-order valence-electron chi connectivity index (χ4n) is 1.60. The SMILES string of the molecule is C=CCc1c(C)nc(CN(C)C)nc1NC. The van der Waals surface area contributed by atoms with Crippen LogP contribution in [0.15, 0.2) is 12.7 Å². The maximum Gasteiger partial charge on any atom is 0.144 e. The highest BCUT2D eigenvalue weighted by Crippen LogP contribution is 2.17. The molecule has 88 valence electrons. The van der Waals surface area contributed by atoms with E-state index in [9.17, 15) is 0 Å². The summed E-state index contributed by atoms with van der Waals surface area (Å²) < 4.78 is 0. The van der Waals surface area contributed by atoms with Crippen LogP contribution in [0.5, 0.6) is 0 Å². The Bertz CT molecular complexity index is 372. The normalized spacial score (nSPS) is 10.6. The van der Waals surface area contributed by atoms with E-state index in [0.717, 1.165) is 35.9 Å². The number of anilines is 1. The second-order valence-corrected chi connectivity index (χ2v) is 4.03. The van der Waals surface area contributed by atoms with Crippen LogP contribution in [-0.4, -0.2) is 36.0 Å². The summed E-state index contributed by atoms with van der Waals surface area (Å²) in [6.45, 7) is 6.52. The van der Waals surface area contributed by atoms with Gasteiger partial charge in [0.15, 0.2) is 0 Å². The molecule has 0 aromatic carbocycles. The van der Waals surface area contributed by atoms with Gasteiger partial charge in [-0.15, -0.1) is 6.58 Å². The van der Waals surface area contributed by atoms with E-state index in [0.29, 0.717) is 0 Å². The van der Waals surface area contributed by atoms with Crippen molar-refractivity contribution in [3.05, 3.63) is 29.7 Å². The number of aryl methyl sites for hydroxylation is 1. The van der Waals surface area contributed by atoms with Crippen LogP contribution < -0.4 is 5.32 Å². The number of nitrogens with one attached hydrogen (secondary N) is 1. The molecule has 1 rings (SSSR count). The zero-order chi connectivity index (χ0) is 12.1. The van der Waals surface area contributed by atoms with Crippen LogP contribution >= 0.6 is 0 Å². The number of allylic oxidation sites excluding steroid dienone is 1. The summed E-state index contributed by atoms with van der Waals surface area (Å²) >= 11 is 0. The van der Waals surface area contributed by atoms with E-state index in [2.05, 4.69) is 26.8 Å². The third-order valence-corrected chi connectivity index (χ3v) is 2.30. The number of nitrogens with zero attached hydrogens (tertiary/aromatic N) is 3. The number of rotatable bonds is 5. The van der Waals surface area contributed by atoms with Gasteiger partial charge >= 0.3 is 0 Å². The standard InChI is InChI=1S/C12H20N4/c1-6-7-10-9(2)14-11(8-16(4)5)15-12(10)13-3/h6H,1,7-8H2,2-5H3,(H,13,14,15). The molecule has 0 spiro atoms. The molecule has 1 aromatic heterocycles. The lowest BCUT2D eigenvalue weighted by molar-refractivity contribution is 0.390. The van der Waals surface area contributed by atoms with Gasteiger partial charge in [-0.25, -0.2) is 9.97 Å². The summed E-state index contributed by atoms with van der Waals surface area (Å²) in [6, 6.07) is 0. The Hall–Kier alpha value is -1.42. The van der Waals surface area contributed by atoms with Crippen molar-refractivity contribution in [1.82, 2.24) is 14.9 Å². The van der Waals surface area contributed by atoms with Gasteiger partial charge in [0.25, 0.3) is 0 Å². The van der Waals surface area contributed by atoms with Gasteiger partial charge in [-0.2, -0.15) is 0 Å². The molecule has 1 N–H and O–H groups in total. The van der Waals surface area contributed by atoms with Gasteiger partial charge in [0.2, 0.25) is 0 Å². The molecular formula is C12H20N4. The van der Waals surface area contributed by atoms with Crippen molar-refractivity contribution in [2.45, 2.75) is 19.9 Å². The van der Waals surface area contributed by atoms with Crippen molar-refractivity contribution in [1.29, 1.82) is 0 Å². The molecule has 0 aliphatic heterocycles. The largest absolute Gasteiger partial charge is 0.373 e. The summed E-state index contributed by atoms with van der Waals surface area (Å²) in [7, 11) is 5.90. The topological polar surface area (TPSA) is 41.1 Å². The van der Waals surface area contributed by atoms with Crippen LogP contribution in [-0.2, 0) is 13.0 Å². The Labute approximate surface area is 97.4 Å². The minimum absolute atomic E-state index is 0.754. The third kappa shape index (κ3) is 3.03. The van der Waals surface area contributed by atoms with Crippen LogP contribution in [0.25, 0.3) is 0 Å². The molecule has 0 saturated heterocycles. The van der Waals surface area contributed by atoms with Gasteiger partial charge in [-0.3, -0.25) is 0 Å². The zero-order valence-corrected chi connectivity index (χ0v) is 10.5. The van der Waals surface area contributed by atoms with Crippen LogP contribution in [0.2, 0.25) is 0 Å². The summed E-state index contributed by atoms with van der Waals surface area (Å²) in [5, 5.41) is 3.12. The van der Waals surface area contributed by atoms with Crippen molar-refractivity contribution in [3.8, 4) is 0 Å². The fraction of sp³-hybridized carbons (Fsp3) is 0.500. The van der Waals surface area contributed by atoms with E-state index in [-0.39, 0.29) is 0 Å². The minimum Gasteiger partial charge on any atom is -0.373 e. The Kier molecular flexibility index (Phi) is 4.43. The minimum atomic E-state index is 0.754. The van der Waals surface area contributed by atoms with Crippen molar-refractivity contribution in [3.63, 3.8) is 0 Å². The fourth-order valence-corrected chi connectivity index (χ4v) is 1.60. The molecule has 0 atom stereocenters. The highest BCUT2D eigenvalue weighted by Gasteiger charge is 2.09. The van der Waals surface area contributed by atoms with Gasteiger partial charge in [-0.1, -0.05) is 6.08 Å². The predicted molar refractivity (Wildman–Crippen MR) is 67.6 cm³/mol. The van der Waals surface area contributed by atoms with Gasteiger partial charge in [0.1, 0.15) is 11.6 Å². The zero-order valence-electron chi connectivity index (χ0n) is 10.5. The highest BCUT2D eigenvalue weighted by molar-refractivity contribution is 5.46. The van der Waals surface area contributed by atoms with E-state index in [1.165, 1.54) is 0 Å². The van der Waals surface area contributed by atoms with Crippen LogP contribution in [0.4, 0.5) is 5.82 Å². The third-order valence-electron chi connectivity index (χ3n) is 2.30. The number of hydrogen-bond acceptors (Lipinski definition) is 4. The molecule has 0 amide bonds. The molecule has 16 heavy (non-hydrogen) atoms. The number of hydrogen-bond donors (Lipinski definition) is 1. The molecule has 4 heteroatoms. The molecule has 0 aliphatic carbocycles. The average molecular weight is 220 g/mol. The van der Waals surface area contributed by atoms with Gasteiger partial charge in [0.05, 0.1) is 6.54 Å². The molecule has 1 aromatic rings. The molecule has 0 aliphatic rings. The first kappa shape index (κ1) is 12.6. The summed E-state index contributed by atoms with van der Waals surface area (Å²) in [6.07, 6.45) is 2.67.